The van der Waals surface area contributed by atoms with Crippen molar-refractivity contribution in [1.82, 2.24) is 14.8 Å². The van der Waals surface area contributed by atoms with Crippen LogP contribution in [0.25, 0.3) is 5.82 Å². The number of rotatable bonds is 2. The number of hydrogen-bond donors (Lipinski definition) is 0. The fourth-order valence-corrected chi connectivity index (χ4v) is 1.76. The molecule has 0 unspecified atom stereocenters. The van der Waals surface area contributed by atoms with Crippen LogP contribution in [-0.2, 0) is 0 Å². The van der Waals surface area contributed by atoms with Gasteiger partial charge >= 0.3 is 0 Å². The highest BCUT2D eigenvalue weighted by Gasteiger charge is 2.12. The molecule has 90 valence electrons. The molecule has 2 rings (SSSR count). The first-order chi connectivity index (χ1) is 8.54. The number of nitrogens with zero attached hydrogens (tertiary/aromatic N) is 4. The molecule has 0 saturated carbocycles. The summed E-state index contributed by atoms with van der Waals surface area (Å²) in [5.74, 6) is 0.584. The lowest BCUT2D eigenvalue weighted by Gasteiger charge is -2.05. The number of pyridine rings is 1. The topological polar surface area (TPSA) is 71.6 Å². The SMILES string of the molecule is CC(=O)c1cnn(-c2cc(C)c(C#N)cn2)c1C. The number of Topliss-reactive ketones (excluding diaryl/α,β-unsaturated/α-hetero) is 1. The molecule has 0 N–H and O–H groups in total. The summed E-state index contributed by atoms with van der Waals surface area (Å²) in [5.41, 5.74) is 2.70. The predicted molar refractivity (Wildman–Crippen MR) is 65.6 cm³/mol. The Kier molecular flexibility index (Phi) is 2.94. The van der Waals surface area contributed by atoms with Gasteiger partial charge in [-0.25, -0.2) is 9.67 Å². The molecule has 5 heteroatoms. The van der Waals surface area contributed by atoms with Crippen molar-refractivity contribution in [2.45, 2.75) is 20.8 Å². The zero-order valence-electron chi connectivity index (χ0n) is 10.4. The van der Waals surface area contributed by atoms with Crippen LogP contribution >= 0.6 is 0 Å². The van der Waals surface area contributed by atoms with Crippen molar-refractivity contribution in [1.29, 1.82) is 5.26 Å². The smallest absolute Gasteiger partial charge is 0.163 e. The van der Waals surface area contributed by atoms with Crippen molar-refractivity contribution >= 4 is 5.78 Å². The molecule has 5 nitrogen and oxygen atoms in total. The van der Waals surface area contributed by atoms with Crippen molar-refractivity contribution in [3.05, 3.63) is 40.8 Å². The molecule has 0 aliphatic carbocycles. The summed E-state index contributed by atoms with van der Waals surface area (Å²) in [4.78, 5) is 15.5. The Balaban J connectivity index is 2.53. The third-order valence-electron chi connectivity index (χ3n) is 2.82. The summed E-state index contributed by atoms with van der Waals surface area (Å²) >= 11 is 0. The molecule has 0 fully saturated rings. The van der Waals surface area contributed by atoms with Gasteiger partial charge in [-0.2, -0.15) is 10.4 Å². The monoisotopic (exact) mass is 240 g/mol. The van der Waals surface area contributed by atoms with Crippen molar-refractivity contribution in [3.63, 3.8) is 0 Å². The second-order valence-corrected chi connectivity index (χ2v) is 4.08. The van der Waals surface area contributed by atoms with Gasteiger partial charge in [0.1, 0.15) is 6.07 Å². The van der Waals surface area contributed by atoms with E-state index in [2.05, 4.69) is 16.2 Å². The molecular weight excluding hydrogens is 228 g/mol. The second-order valence-electron chi connectivity index (χ2n) is 4.08. The minimum atomic E-state index is -0.0240. The number of hydrogen-bond acceptors (Lipinski definition) is 4. The predicted octanol–water partition coefficient (Wildman–Crippen LogP) is 1.96. The average Bonchev–Trinajstić information content (AvgIpc) is 2.71. The Hall–Kier alpha value is -2.48. The van der Waals surface area contributed by atoms with E-state index >= 15 is 0 Å². The maximum Gasteiger partial charge on any atom is 0.163 e. The van der Waals surface area contributed by atoms with Crippen LogP contribution in [0, 0.1) is 25.2 Å². The summed E-state index contributed by atoms with van der Waals surface area (Å²) in [6.07, 6.45) is 3.05. The summed E-state index contributed by atoms with van der Waals surface area (Å²) in [5, 5.41) is 13.0. The zero-order valence-corrected chi connectivity index (χ0v) is 10.4. The van der Waals surface area contributed by atoms with Crippen LogP contribution in [-0.4, -0.2) is 20.5 Å². The highest BCUT2D eigenvalue weighted by atomic mass is 16.1. The van der Waals surface area contributed by atoms with Crippen molar-refractivity contribution in [2.24, 2.45) is 0 Å². The van der Waals surface area contributed by atoms with Crippen LogP contribution in [0.3, 0.4) is 0 Å². The Morgan fingerprint density at radius 3 is 2.61 bits per heavy atom. The molecule has 0 aliphatic rings. The first-order valence-corrected chi connectivity index (χ1v) is 5.47. The molecule has 0 amide bonds. The van der Waals surface area contributed by atoms with Gasteiger partial charge in [0.05, 0.1) is 23.0 Å². The number of carbonyl (C=O) groups excluding carboxylic acids is 1. The van der Waals surface area contributed by atoms with Gasteiger partial charge in [0.25, 0.3) is 0 Å². The maximum absolute atomic E-state index is 11.4. The summed E-state index contributed by atoms with van der Waals surface area (Å²) < 4.78 is 1.60. The Morgan fingerprint density at radius 1 is 1.39 bits per heavy atom. The van der Waals surface area contributed by atoms with Crippen molar-refractivity contribution in [2.75, 3.05) is 0 Å². The maximum atomic E-state index is 11.4. The van der Waals surface area contributed by atoms with Crippen LogP contribution in [0.15, 0.2) is 18.5 Å². The third kappa shape index (κ3) is 1.89. The van der Waals surface area contributed by atoms with Gasteiger partial charge < -0.3 is 0 Å². The molecule has 2 heterocycles. The molecule has 0 saturated heterocycles. The number of aryl methyl sites for hydroxylation is 1. The molecule has 2 aromatic rings. The van der Waals surface area contributed by atoms with Crippen LogP contribution in [0.5, 0.6) is 0 Å². The van der Waals surface area contributed by atoms with E-state index in [0.717, 1.165) is 11.3 Å². The average molecular weight is 240 g/mol. The van der Waals surface area contributed by atoms with E-state index in [-0.39, 0.29) is 5.78 Å². The minimum Gasteiger partial charge on any atom is -0.294 e. The number of ketones is 1. The van der Waals surface area contributed by atoms with Crippen LogP contribution in [0.4, 0.5) is 0 Å². The molecular formula is C13H12N4O. The fraction of sp³-hybridized carbons (Fsp3) is 0.231. The molecule has 18 heavy (non-hydrogen) atoms. The summed E-state index contributed by atoms with van der Waals surface area (Å²) in [6.45, 7) is 5.17. The molecule has 0 atom stereocenters. The quantitative estimate of drug-likeness (QED) is 0.752. The van der Waals surface area contributed by atoms with Crippen LogP contribution in [0.2, 0.25) is 0 Å². The number of nitriles is 1. The lowest BCUT2D eigenvalue weighted by atomic mass is 10.2. The number of carbonyl (C=O) groups is 1. The third-order valence-corrected chi connectivity index (χ3v) is 2.82. The second kappa shape index (κ2) is 4.41. The van der Waals surface area contributed by atoms with E-state index in [1.807, 2.05) is 13.8 Å². The largest absolute Gasteiger partial charge is 0.294 e. The summed E-state index contributed by atoms with van der Waals surface area (Å²) in [6, 6.07) is 3.85. The Bertz CT molecular complexity index is 664. The molecule has 0 bridgehead atoms. The number of aromatic nitrogens is 3. The first-order valence-electron chi connectivity index (χ1n) is 5.47. The molecule has 0 aliphatic heterocycles. The highest BCUT2D eigenvalue weighted by molar-refractivity contribution is 5.94. The van der Waals surface area contributed by atoms with E-state index in [9.17, 15) is 4.79 Å². The van der Waals surface area contributed by atoms with Gasteiger partial charge in [0.15, 0.2) is 11.6 Å². The molecule has 2 aromatic heterocycles. The van der Waals surface area contributed by atoms with Gasteiger partial charge in [-0.15, -0.1) is 0 Å². The Labute approximate surface area is 105 Å². The van der Waals surface area contributed by atoms with E-state index in [1.165, 1.54) is 19.3 Å². The van der Waals surface area contributed by atoms with Gasteiger partial charge in [-0.05, 0) is 32.4 Å². The van der Waals surface area contributed by atoms with E-state index < -0.39 is 0 Å². The van der Waals surface area contributed by atoms with Gasteiger partial charge in [0, 0.05) is 6.20 Å². The van der Waals surface area contributed by atoms with Crippen molar-refractivity contribution < 1.29 is 4.79 Å². The Morgan fingerprint density at radius 2 is 2.11 bits per heavy atom. The molecule has 0 spiro atoms. The van der Waals surface area contributed by atoms with E-state index in [4.69, 9.17) is 5.26 Å². The van der Waals surface area contributed by atoms with E-state index in [1.54, 1.807) is 10.7 Å². The van der Waals surface area contributed by atoms with Crippen LogP contribution < -0.4 is 0 Å². The lowest BCUT2D eigenvalue weighted by Crippen LogP contribution is -2.04. The molecule has 0 radical (unpaired) electrons. The van der Waals surface area contributed by atoms with Gasteiger partial charge in [0.2, 0.25) is 0 Å². The normalized spacial score (nSPS) is 10.1. The fourth-order valence-electron chi connectivity index (χ4n) is 1.76. The first kappa shape index (κ1) is 12.0. The van der Waals surface area contributed by atoms with Crippen molar-refractivity contribution in [3.8, 4) is 11.9 Å². The molecule has 0 aromatic carbocycles. The standard InChI is InChI=1S/C13H12N4O/c1-8-4-13(15-6-11(8)5-14)17-9(2)12(7-16-17)10(3)18/h4,6-7H,1-3H3. The van der Waals surface area contributed by atoms with E-state index in [0.29, 0.717) is 16.9 Å². The van der Waals surface area contributed by atoms with Crippen LogP contribution in [0.1, 0.15) is 34.1 Å². The van der Waals surface area contributed by atoms with Gasteiger partial charge in [-0.1, -0.05) is 0 Å². The highest BCUT2D eigenvalue weighted by Crippen LogP contribution is 2.15. The summed E-state index contributed by atoms with van der Waals surface area (Å²) in [7, 11) is 0. The zero-order chi connectivity index (χ0) is 13.3. The van der Waals surface area contributed by atoms with Gasteiger partial charge in [-0.3, -0.25) is 4.79 Å². The lowest BCUT2D eigenvalue weighted by molar-refractivity contribution is 0.101. The minimum absolute atomic E-state index is 0.0240.